The fraction of sp³-hybridized carbons (Fsp3) is 0.259. The number of fused-ring (bicyclic) bond motifs is 1. The maximum absolute atomic E-state index is 10.7. The molecule has 176 valence electrons. The second-order valence-electron chi connectivity index (χ2n) is 7.77. The number of hydrogen-bond donors (Lipinski definition) is 1. The maximum Gasteiger partial charge on any atom is 0.341 e. The molecule has 34 heavy (non-hydrogen) atoms. The molecule has 7 heteroatoms. The minimum atomic E-state index is -0.988. The summed E-state index contributed by atoms with van der Waals surface area (Å²) in [7, 11) is 0. The molecule has 1 heterocycles. The summed E-state index contributed by atoms with van der Waals surface area (Å²) in [6.07, 6.45) is 2.70. The molecule has 3 aromatic carbocycles. The summed E-state index contributed by atoms with van der Waals surface area (Å²) in [5.41, 5.74) is 3.74. The normalized spacial score (nSPS) is 11.0. The highest BCUT2D eigenvalue weighted by atomic mass is 32.2. The molecule has 0 atom stereocenters. The number of benzene rings is 3. The fourth-order valence-electron chi connectivity index (χ4n) is 3.70. The third-order valence-corrected chi connectivity index (χ3v) is 6.31. The van der Waals surface area contributed by atoms with E-state index in [2.05, 4.69) is 12.1 Å². The molecule has 1 aromatic heterocycles. The summed E-state index contributed by atoms with van der Waals surface area (Å²) in [5, 5.41) is 14.1. The van der Waals surface area contributed by atoms with E-state index in [1.54, 1.807) is 17.8 Å². The maximum atomic E-state index is 10.7. The molecule has 0 aliphatic carbocycles. The first-order chi connectivity index (χ1) is 16.7. The lowest BCUT2D eigenvalue weighted by molar-refractivity contribution is -0.139. The molecule has 0 aliphatic rings. The van der Waals surface area contributed by atoms with Crippen LogP contribution < -0.4 is 9.47 Å². The Balaban J connectivity index is 1.37. The molecular formula is C27H27NO5S. The molecule has 0 bridgehead atoms. The van der Waals surface area contributed by atoms with Crippen molar-refractivity contribution in [2.45, 2.75) is 31.1 Å². The number of aromatic nitrogens is 1. The zero-order valence-electron chi connectivity index (χ0n) is 19.0. The van der Waals surface area contributed by atoms with Crippen LogP contribution in [0.25, 0.3) is 22.2 Å². The lowest BCUT2D eigenvalue weighted by Crippen LogP contribution is -2.09. The van der Waals surface area contributed by atoms with Crippen molar-refractivity contribution in [3.8, 4) is 22.8 Å². The molecule has 0 saturated carbocycles. The number of rotatable bonds is 12. The number of aliphatic carboxylic acids is 1. The monoisotopic (exact) mass is 477 g/mol. The number of thioether (sulfide) groups is 1. The Morgan fingerprint density at radius 2 is 1.91 bits per heavy atom. The third-order valence-electron chi connectivity index (χ3n) is 5.23. The number of carboxylic acids is 1. The van der Waals surface area contributed by atoms with Crippen LogP contribution in [0.5, 0.6) is 11.5 Å². The highest BCUT2D eigenvalue weighted by Crippen LogP contribution is 2.35. The molecule has 0 radical (unpaired) electrons. The van der Waals surface area contributed by atoms with Crippen LogP contribution in [-0.2, 0) is 11.2 Å². The van der Waals surface area contributed by atoms with Gasteiger partial charge < -0.3 is 19.1 Å². The summed E-state index contributed by atoms with van der Waals surface area (Å²) < 4.78 is 17.2. The molecule has 0 fully saturated rings. The highest BCUT2D eigenvalue weighted by Gasteiger charge is 2.17. The smallest absolute Gasteiger partial charge is 0.341 e. The van der Waals surface area contributed by atoms with E-state index in [0.717, 1.165) is 63.5 Å². The second-order valence-corrected chi connectivity index (χ2v) is 8.94. The quantitative estimate of drug-likeness (QED) is 0.185. The van der Waals surface area contributed by atoms with Crippen LogP contribution in [0.3, 0.4) is 0 Å². The van der Waals surface area contributed by atoms with Gasteiger partial charge in [0.25, 0.3) is 0 Å². The molecule has 0 saturated heterocycles. The molecule has 0 amide bonds. The standard InChI is InChI=1S/C27H27NO5S/c1-2-8-22-24(14-13-23-26(28-33-27(22)23)19-9-4-3-5-10-19)31-15-7-16-34-21-12-6-11-20(17-21)32-18-25(29)30/h3-6,9-14,17H,2,7-8,15-16,18H2,1H3,(H,29,30). The summed E-state index contributed by atoms with van der Waals surface area (Å²) in [6.45, 7) is 2.39. The van der Waals surface area contributed by atoms with Gasteiger partial charge in [0.2, 0.25) is 0 Å². The molecule has 1 N–H and O–H groups in total. The fourth-order valence-corrected chi connectivity index (χ4v) is 4.57. The van der Waals surface area contributed by atoms with Crippen molar-refractivity contribution in [2.24, 2.45) is 0 Å². The van der Waals surface area contributed by atoms with Crippen molar-refractivity contribution < 1.29 is 23.9 Å². The average Bonchev–Trinajstić information content (AvgIpc) is 3.29. The van der Waals surface area contributed by atoms with Crippen LogP contribution in [0.4, 0.5) is 0 Å². The van der Waals surface area contributed by atoms with Crippen LogP contribution in [0.1, 0.15) is 25.3 Å². The van der Waals surface area contributed by atoms with Crippen LogP contribution in [0, 0.1) is 0 Å². The lowest BCUT2D eigenvalue weighted by atomic mass is 10.0. The van der Waals surface area contributed by atoms with Crippen molar-refractivity contribution in [1.82, 2.24) is 5.16 Å². The Morgan fingerprint density at radius 3 is 2.71 bits per heavy atom. The first kappa shape index (κ1) is 23.7. The van der Waals surface area contributed by atoms with Gasteiger partial charge in [-0.25, -0.2) is 4.79 Å². The van der Waals surface area contributed by atoms with E-state index in [1.165, 1.54) is 0 Å². The molecule has 4 aromatic rings. The molecule has 0 unspecified atom stereocenters. The summed E-state index contributed by atoms with van der Waals surface area (Å²) in [6, 6.07) is 21.6. The van der Waals surface area contributed by atoms with Gasteiger partial charge in [-0.2, -0.15) is 0 Å². The second kappa shape index (κ2) is 11.6. The Hall–Kier alpha value is -3.45. The first-order valence-corrected chi connectivity index (χ1v) is 12.3. The van der Waals surface area contributed by atoms with Gasteiger partial charge in [-0.05, 0) is 43.2 Å². The van der Waals surface area contributed by atoms with E-state index < -0.39 is 5.97 Å². The van der Waals surface area contributed by atoms with Crippen molar-refractivity contribution in [3.63, 3.8) is 0 Å². The molecular weight excluding hydrogens is 450 g/mol. The van der Waals surface area contributed by atoms with E-state index >= 15 is 0 Å². The Bertz CT molecular complexity index is 1240. The number of carbonyl (C=O) groups is 1. The average molecular weight is 478 g/mol. The van der Waals surface area contributed by atoms with Gasteiger partial charge in [-0.1, -0.05) is 54.9 Å². The van der Waals surface area contributed by atoms with Crippen LogP contribution in [0.15, 0.2) is 76.1 Å². The van der Waals surface area contributed by atoms with Crippen LogP contribution in [-0.4, -0.2) is 35.2 Å². The topological polar surface area (TPSA) is 81.8 Å². The van der Waals surface area contributed by atoms with Gasteiger partial charge in [0.15, 0.2) is 12.2 Å². The molecule has 0 aliphatic heterocycles. The van der Waals surface area contributed by atoms with Gasteiger partial charge in [0.1, 0.15) is 17.2 Å². The summed E-state index contributed by atoms with van der Waals surface area (Å²) >= 11 is 1.69. The number of nitrogens with zero attached hydrogens (tertiary/aromatic N) is 1. The van der Waals surface area contributed by atoms with Gasteiger partial charge in [-0.3, -0.25) is 0 Å². The predicted molar refractivity (Wildman–Crippen MR) is 134 cm³/mol. The minimum Gasteiger partial charge on any atom is -0.493 e. The zero-order valence-corrected chi connectivity index (χ0v) is 19.8. The van der Waals surface area contributed by atoms with Gasteiger partial charge >= 0.3 is 5.97 Å². The Morgan fingerprint density at radius 1 is 1.06 bits per heavy atom. The molecule has 6 nitrogen and oxygen atoms in total. The van der Waals surface area contributed by atoms with Gasteiger partial charge in [-0.15, -0.1) is 11.8 Å². The van der Waals surface area contributed by atoms with Crippen molar-refractivity contribution in [2.75, 3.05) is 19.0 Å². The number of aryl methyl sites for hydroxylation is 1. The van der Waals surface area contributed by atoms with E-state index in [9.17, 15) is 4.79 Å². The van der Waals surface area contributed by atoms with E-state index in [-0.39, 0.29) is 6.61 Å². The van der Waals surface area contributed by atoms with Crippen molar-refractivity contribution in [1.29, 1.82) is 0 Å². The van der Waals surface area contributed by atoms with Crippen molar-refractivity contribution >= 4 is 28.7 Å². The van der Waals surface area contributed by atoms with Crippen molar-refractivity contribution in [3.05, 3.63) is 72.3 Å². The molecule has 0 spiro atoms. The third kappa shape index (κ3) is 5.91. The molecule has 4 rings (SSSR count). The Labute approximate surface area is 202 Å². The minimum absolute atomic E-state index is 0.343. The Kier molecular flexibility index (Phi) is 8.09. The predicted octanol–water partition coefficient (Wildman–Crippen LogP) is 6.47. The number of ether oxygens (including phenoxy) is 2. The highest BCUT2D eigenvalue weighted by molar-refractivity contribution is 7.99. The van der Waals surface area contributed by atoms with E-state index in [4.69, 9.17) is 19.1 Å². The largest absolute Gasteiger partial charge is 0.493 e. The summed E-state index contributed by atoms with van der Waals surface area (Å²) in [4.78, 5) is 11.7. The van der Waals surface area contributed by atoms with E-state index in [0.29, 0.717) is 12.4 Å². The first-order valence-electron chi connectivity index (χ1n) is 11.3. The van der Waals surface area contributed by atoms with Gasteiger partial charge in [0.05, 0.1) is 12.0 Å². The van der Waals surface area contributed by atoms with E-state index in [1.807, 2.05) is 60.7 Å². The zero-order chi connectivity index (χ0) is 23.8. The van der Waals surface area contributed by atoms with Crippen LogP contribution >= 0.6 is 11.8 Å². The SMILES string of the molecule is CCCc1c(OCCCSc2cccc(OCC(=O)O)c2)ccc2c(-c3ccccc3)noc12. The lowest BCUT2D eigenvalue weighted by Gasteiger charge is -2.11. The summed E-state index contributed by atoms with van der Waals surface area (Å²) in [5.74, 6) is 1.29. The number of carboxylic acid groups (broad SMARTS) is 1. The van der Waals surface area contributed by atoms with Gasteiger partial charge in [0, 0.05) is 21.8 Å². The van der Waals surface area contributed by atoms with Crippen LogP contribution in [0.2, 0.25) is 0 Å². The number of hydrogen-bond acceptors (Lipinski definition) is 6.